The van der Waals surface area contributed by atoms with E-state index in [9.17, 15) is 4.79 Å². The van der Waals surface area contributed by atoms with Gasteiger partial charge in [0, 0.05) is 10.6 Å². The maximum atomic E-state index is 12.7. The summed E-state index contributed by atoms with van der Waals surface area (Å²) in [5, 5.41) is 0.597. The number of hydrogen-bond acceptors (Lipinski definition) is 2. The van der Waals surface area contributed by atoms with Gasteiger partial charge < -0.3 is 4.74 Å². The van der Waals surface area contributed by atoms with E-state index in [-0.39, 0.29) is 5.78 Å². The van der Waals surface area contributed by atoms with Crippen LogP contribution in [0.15, 0.2) is 30.3 Å². The van der Waals surface area contributed by atoms with E-state index in [4.69, 9.17) is 16.3 Å². The number of ketones is 1. The number of benzene rings is 2. The maximum Gasteiger partial charge on any atom is 0.197 e. The predicted octanol–water partition coefficient (Wildman–Crippen LogP) is 4.50. The topological polar surface area (TPSA) is 26.3 Å². The second-order valence-corrected chi connectivity index (χ2v) is 5.36. The van der Waals surface area contributed by atoms with Gasteiger partial charge in [-0.2, -0.15) is 0 Å². The van der Waals surface area contributed by atoms with Crippen molar-refractivity contribution in [2.24, 2.45) is 0 Å². The molecule has 0 saturated heterocycles. The Hall–Kier alpha value is -1.80. The highest BCUT2D eigenvalue weighted by atomic mass is 35.5. The van der Waals surface area contributed by atoms with Crippen LogP contribution >= 0.6 is 11.6 Å². The Morgan fingerprint density at radius 2 is 1.75 bits per heavy atom. The van der Waals surface area contributed by atoms with Crippen molar-refractivity contribution < 1.29 is 9.53 Å². The lowest BCUT2D eigenvalue weighted by Gasteiger charge is -2.12. The highest BCUT2D eigenvalue weighted by Crippen LogP contribution is 2.28. The monoisotopic (exact) mass is 288 g/mol. The van der Waals surface area contributed by atoms with Crippen LogP contribution in [0.4, 0.5) is 0 Å². The molecule has 0 aliphatic rings. The number of methoxy groups -OCH3 is 1. The highest BCUT2D eigenvalue weighted by molar-refractivity contribution is 6.32. The first-order chi connectivity index (χ1) is 9.43. The first-order valence-corrected chi connectivity index (χ1v) is 6.78. The van der Waals surface area contributed by atoms with Crippen molar-refractivity contribution in [1.82, 2.24) is 0 Å². The fraction of sp³-hybridized carbons (Fsp3) is 0.235. The number of rotatable bonds is 3. The number of ether oxygens (including phenoxy) is 1. The largest absolute Gasteiger partial charge is 0.496 e. The summed E-state index contributed by atoms with van der Waals surface area (Å²) in [5.41, 5.74) is 4.10. The van der Waals surface area contributed by atoms with E-state index in [2.05, 4.69) is 0 Å². The lowest BCUT2D eigenvalue weighted by Crippen LogP contribution is -2.07. The van der Waals surface area contributed by atoms with E-state index in [0.29, 0.717) is 21.9 Å². The minimum Gasteiger partial charge on any atom is -0.496 e. The fourth-order valence-corrected chi connectivity index (χ4v) is 2.44. The van der Waals surface area contributed by atoms with Gasteiger partial charge in [-0.3, -0.25) is 4.79 Å². The molecule has 2 aromatic carbocycles. The molecule has 0 heterocycles. The molecule has 0 atom stereocenters. The zero-order chi connectivity index (χ0) is 14.9. The molecule has 0 amide bonds. The van der Waals surface area contributed by atoms with Gasteiger partial charge in [0.25, 0.3) is 0 Å². The summed E-state index contributed by atoms with van der Waals surface area (Å²) in [6.07, 6.45) is 0. The fourth-order valence-electron chi connectivity index (χ4n) is 2.26. The van der Waals surface area contributed by atoms with Gasteiger partial charge in [-0.1, -0.05) is 29.8 Å². The van der Waals surface area contributed by atoms with E-state index < -0.39 is 0 Å². The van der Waals surface area contributed by atoms with Crippen LogP contribution in [0.2, 0.25) is 5.02 Å². The minimum atomic E-state index is -0.0683. The first kappa shape index (κ1) is 14.6. The zero-order valence-corrected chi connectivity index (χ0v) is 12.8. The van der Waals surface area contributed by atoms with Crippen molar-refractivity contribution in [2.45, 2.75) is 20.8 Å². The molecule has 0 aliphatic heterocycles. The van der Waals surface area contributed by atoms with Crippen molar-refractivity contribution >= 4 is 17.4 Å². The standard InChI is InChI=1S/C17H17ClO2/c1-10-7-12(3)16(15(8-10)20-4)17(19)13-6-5-11(2)14(18)9-13/h5-9H,1-4H3. The lowest BCUT2D eigenvalue weighted by molar-refractivity contribution is 0.103. The summed E-state index contributed by atoms with van der Waals surface area (Å²) in [7, 11) is 1.58. The van der Waals surface area contributed by atoms with Crippen LogP contribution in [-0.2, 0) is 0 Å². The van der Waals surface area contributed by atoms with Gasteiger partial charge in [0.2, 0.25) is 0 Å². The van der Waals surface area contributed by atoms with Gasteiger partial charge in [0.15, 0.2) is 5.78 Å². The molecule has 0 aliphatic carbocycles. The van der Waals surface area contributed by atoms with Crippen molar-refractivity contribution in [3.8, 4) is 5.75 Å². The third-order valence-electron chi connectivity index (χ3n) is 3.32. The number of halogens is 1. The third kappa shape index (κ3) is 2.70. The molecule has 0 saturated carbocycles. The maximum absolute atomic E-state index is 12.7. The second-order valence-electron chi connectivity index (χ2n) is 4.95. The molecule has 0 fully saturated rings. The molecule has 0 N–H and O–H groups in total. The Kier molecular flexibility index (Phi) is 4.15. The zero-order valence-electron chi connectivity index (χ0n) is 12.1. The summed E-state index contributed by atoms with van der Waals surface area (Å²) in [4.78, 5) is 12.7. The van der Waals surface area contributed by atoms with Crippen LogP contribution < -0.4 is 4.74 Å². The van der Waals surface area contributed by atoms with E-state index in [1.807, 2.05) is 39.0 Å². The second kappa shape index (κ2) is 5.68. The number of aryl methyl sites for hydroxylation is 3. The molecule has 0 spiro atoms. The van der Waals surface area contributed by atoms with Gasteiger partial charge in [-0.15, -0.1) is 0 Å². The van der Waals surface area contributed by atoms with Crippen molar-refractivity contribution in [1.29, 1.82) is 0 Å². The smallest absolute Gasteiger partial charge is 0.197 e. The molecule has 0 bridgehead atoms. The molecule has 0 unspecified atom stereocenters. The van der Waals surface area contributed by atoms with E-state index in [1.54, 1.807) is 19.2 Å². The van der Waals surface area contributed by atoms with E-state index in [0.717, 1.165) is 16.7 Å². The van der Waals surface area contributed by atoms with Crippen LogP contribution in [0.5, 0.6) is 5.75 Å². The molecule has 2 rings (SSSR count). The lowest BCUT2D eigenvalue weighted by atomic mass is 9.96. The Labute approximate surface area is 124 Å². The molecule has 0 aromatic heterocycles. The number of carbonyl (C=O) groups is 1. The number of hydrogen-bond donors (Lipinski definition) is 0. The Morgan fingerprint density at radius 1 is 1.05 bits per heavy atom. The Morgan fingerprint density at radius 3 is 2.35 bits per heavy atom. The molecular formula is C17H17ClO2. The minimum absolute atomic E-state index is 0.0683. The summed E-state index contributed by atoms with van der Waals surface area (Å²) in [6, 6.07) is 9.20. The van der Waals surface area contributed by atoms with Crippen molar-refractivity contribution in [3.05, 3.63) is 63.2 Å². The highest BCUT2D eigenvalue weighted by Gasteiger charge is 2.18. The van der Waals surface area contributed by atoms with Gasteiger partial charge in [-0.05, 0) is 49.6 Å². The summed E-state index contributed by atoms with van der Waals surface area (Å²) in [6.45, 7) is 5.80. The van der Waals surface area contributed by atoms with Crippen LogP contribution in [-0.4, -0.2) is 12.9 Å². The number of carbonyl (C=O) groups excluding carboxylic acids is 1. The van der Waals surface area contributed by atoms with Gasteiger partial charge in [-0.25, -0.2) is 0 Å². The average Bonchev–Trinajstić information content (AvgIpc) is 2.40. The van der Waals surface area contributed by atoms with E-state index in [1.165, 1.54) is 0 Å². The van der Waals surface area contributed by atoms with Crippen LogP contribution in [0.25, 0.3) is 0 Å². The summed E-state index contributed by atoms with van der Waals surface area (Å²) in [5.74, 6) is 0.533. The summed E-state index contributed by atoms with van der Waals surface area (Å²) < 4.78 is 5.35. The molecule has 3 heteroatoms. The molecule has 2 nitrogen and oxygen atoms in total. The summed E-state index contributed by atoms with van der Waals surface area (Å²) >= 11 is 6.10. The molecule has 20 heavy (non-hydrogen) atoms. The van der Waals surface area contributed by atoms with E-state index >= 15 is 0 Å². The average molecular weight is 289 g/mol. The van der Waals surface area contributed by atoms with Crippen LogP contribution in [0.1, 0.15) is 32.6 Å². The van der Waals surface area contributed by atoms with Crippen molar-refractivity contribution in [3.63, 3.8) is 0 Å². The Balaban J connectivity index is 2.55. The first-order valence-electron chi connectivity index (χ1n) is 6.40. The van der Waals surface area contributed by atoms with Crippen molar-refractivity contribution in [2.75, 3.05) is 7.11 Å². The quantitative estimate of drug-likeness (QED) is 0.777. The van der Waals surface area contributed by atoms with Gasteiger partial charge in [0.1, 0.15) is 5.75 Å². The van der Waals surface area contributed by atoms with Gasteiger partial charge >= 0.3 is 0 Å². The molecular weight excluding hydrogens is 272 g/mol. The van der Waals surface area contributed by atoms with Crippen LogP contribution in [0, 0.1) is 20.8 Å². The van der Waals surface area contributed by atoms with Crippen LogP contribution in [0.3, 0.4) is 0 Å². The van der Waals surface area contributed by atoms with Gasteiger partial charge in [0.05, 0.1) is 12.7 Å². The predicted molar refractivity (Wildman–Crippen MR) is 82.1 cm³/mol. The SMILES string of the molecule is COc1cc(C)cc(C)c1C(=O)c1ccc(C)c(Cl)c1. The molecule has 0 radical (unpaired) electrons. The molecule has 104 valence electrons. The molecule has 2 aromatic rings. The third-order valence-corrected chi connectivity index (χ3v) is 3.73. The normalized spacial score (nSPS) is 10.4. The Bertz CT molecular complexity index is 675.